The van der Waals surface area contributed by atoms with E-state index in [2.05, 4.69) is 26.0 Å². The summed E-state index contributed by atoms with van der Waals surface area (Å²) >= 11 is 0. The lowest BCUT2D eigenvalue weighted by molar-refractivity contribution is 0.415. The molecule has 0 aromatic heterocycles. The molecule has 4 heteroatoms. The van der Waals surface area contributed by atoms with E-state index in [0.29, 0.717) is 0 Å². The molecule has 3 rings (SSSR count). The van der Waals surface area contributed by atoms with Crippen LogP contribution in [0.4, 0.5) is 0 Å². The number of aryl methyl sites for hydroxylation is 2. The van der Waals surface area contributed by atoms with E-state index in [-0.39, 0.29) is 7.12 Å². The van der Waals surface area contributed by atoms with Crippen molar-refractivity contribution in [2.75, 3.05) is 7.11 Å². The summed E-state index contributed by atoms with van der Waals surface area (Å²) < 4.78 is 17.5. The summed E-state index contributed by atoms with van der Waals surface area (Å²) in [6.45, 7) is 4.50. The number of hydrogen-bond donors (Lipinski definition) is 0. The third-order valence-corrected chi connectivity index (χ3v) is 5.22. The molecule has 0 aliphatic carbocycles. The van der Waals surface area contributed by atoms with E-state index in [4.69, 9.17) is 14.0 Å². The van der Waals surface area contributed by atoms with Crippen molar-refractivity contribution in [2.45, 2.75) is 65.2 Å². The Morgan fingerprint density at radius 2 is 1.30 bits per heavy atom. The number of rotatable bonds is 10. The molecular formula is C23H31BO3. The maximum absolute atomic E-state index is 6.13. The van der Waals surface area contributed by atoms with E-state index in [1.807, 2.05) is 24.3 Å². The lowest BCUT2D eigenvalue weighted by atomic mass is 9.79. The molecule has 0 atom stereocenters. The van der Waals surface area contributed by atoms with Crippen LogP contribution in [-0.4, -0.2) is 14.2 Å². The minimum atomic E-state index is -0.375. The molecule has 0 amide bonds. The van der Waals surface area contributed by atoms with Crippen LogP contribution in [0, 0.1) is 0 Å². The first-order chi connectivity index (χ1) is 13.2. The largest absolute Gasteiger partial charge is 0.632 e. The highest BCUT2D eigenvalue weighted by Gasteiger charge is 2.34. The maximum Gasteiger partial charge on any atom is 0.632 e. The molecular weight excluding hydrogens is 335 g/mol. The van der Waals surface area contributed by atoms with Gasteiger partial charge >= 0.3 is 7.12 Å². The van der Waals surface area contributed by atoms with Crippen LogP contribution in [0.15, 0.2) is 36.4 Å². The van der Waals surface area contributed by atoms with Gasteiger partial charge in [0.05, 0.1) is 7.11 Å². The summed E-state index contributed by atoms with van der Waals surface area (Å²) in [6, 6.07) is 12.3. The Balaban J connectivity index is 1.76. The van der Waals surface area contributed by atoms with Gasteiger partial charge in [0.15, 0.2) is 0 Å². The van der Waals surface area contributed by atoms with Gasteiger partial charge < -0.3 is 14.0 Å². The quantitative estimate of drug-likeness (QED) is 0.420. The predicted molar refractivity (Wildman–Crippen MR) is 113 cm³/mol. The highest BCUT2D eigenvalue weighted by molar-refractivity contribution is 6.63. The van der Waals surface area contributed by atoms with Crippen molar-refractivity contribution in [1.29, 1.82) is 0 Å². The summed E-state index contributed by atoms with van der Waals surface area (Å²) in [5.41, 5.74) is 3.86. The number of unbranched alkanes of at least 4 members (excludes halogenated alkanes) is 4. The van der Waals surface area contributed by atoms with E-state index in [1.165, 1.54) is 49.7 Å². The fourth-order valence-electron chi connectivity index (χ4n) is 3.58. The van der Waals surface area contributed by atoms with Crippen LogP contribution in [-0.2, 0) is 12.8 Å². The zero-order valence-electron chi connectivity index (χ0n) is 16.9. The van der Waals surface area contributed by atoms with Gasteiger partial charge in [-0.05, 0) is 61.1 Å². The Kier molecular flexibility index (Phi) is 7.08. The van der Waals surface area contributed by atoms with Gasteiger partial charge in [0.1, 0.15) is 17.2 Å². The molecule has 1 aliphatic rings. The zero-order chi connectivity index (χ0) is 19.1. The monoisotopic (exact) mass is 366 g/mol. The molecule has 0 bridgehead atoms. The fourth-order valence-corrected chi connectivity index (χ4v) is 3.58. The fraction of sp³-hybridized carbons (Fsp3) is 0.478. The number of benzene rings is 2. The highest BCUT2D eigenvalue weighted by atomic mass is 16.6. The molecule has 1 aliphatic heterocycles. The maximum atomic E-state index is 6.13. The van der Waals surface area contributed by atoms with Crippen LogP contribution in [0.5, 0.6) is 17.2 Å². The van der Waals surface area contributed by atoms with Crippen molar-refractivity contribution in [3.05, 3.63) is 47.5 Å². The number of ether oxygens (including phenoxy) is 1. The standard InChI is InChI=1S/C23H31BO3/c1-4-6-8-10-18-16-22-23(17-19(18)11-9-7-5-2)27-24(26-22)20-12-14-21(25-3)15-13-20/h12-17H,4-11H2,1-3H3. The second-order valence-corrected chi connectivity index (χ2v) is 7.32. The molecule has 0 saturated heterocycles. The molecule has 1 heterocycles. The third kappa shape index (κ3) is 5.00. The lowest BCUT2D eigenvalue weighted by Crippen LogP contribution is -2.38. The van der Waals surface area contributed by atoms with Crippen molar-refractivity contribution in [3.8, 4) is 17.2 Å². The van der Waals surface area contributed by atoms with Crippen molar-refractivity contribution in [3.63, 3.8) is 0 Å². The minimum Gasteiger partial charge on any atom is -0.519 e. The van der Waals surface area contributed by atoms with Gasteiger partial charge in [-0.3, -0.25) is 0 Å². The first kappa shape index (κ1) is 19.7. The summed E-state index contributed by atoms with van der Waals surface area (Å²) in [7, 11) is 1.30. The first-order valence-electron chi connectivity index (χ1n) is 10.4. The van der Waals surface area contributed by atoms with E-state index >= 15 is 0 Å². The van der Waals surface area contributed by atoms with Gasteiger partial charge in [-0.25, -0.2) is 0 Å². The van der Waals surface area contributed by atoms with Gasteiger partial charge in [0, 0.05) is 5.46 Å². The molecule has 0 spiro atoms. The van der Waals surface area contributed by atoms with Crippen molar-refractivity contribution < 1.29 is 14.0 Å². The smallest absolute Gasteiger partial charge is 0.519 e. The molecule has 2 aromatic carbocycles. The number of fused-ring (bicyclic) bond motifs is 1. The molecule has 3 nitrogen and oxygen atoms in total. The molecule has 0 saturated carbocycles. The number of hydrogen-bond acceptors (Lipinski definition) is 3. The van der Waals surface area contributed by atoms with Crippen LogP contribution in [0.1, 0.15) is 63.5 Å². The minimum absolute atomic E-state index is 0.375. The normalized spacial score (nSPS) is 12.5. The molecule has 0 N–H and O–H groups in total. The SMILES string of the molecule is CCCCCc1cc2c(cc1CCCCC)OB(c1ccc(OC)cc1)O2. The van der Waals surface area contributed by atoms with Crippen LogP contribution in [0.3, 0.4) is 0 Å². The Bertz CT molecular complexity index is 688. The Labute approximate surface area is 164 Å². The Morgan fingerprint density at radius 3 is 1.74 bits per heavy atom. The van der Waals surface area contributed by atoms with Gasteiger partial charge in [0.2, 0.25) is 0 Å². The molecule has 144 valence electrons. The molecule has 0 unspecified atom stereocenters. The van der Waals surface area contributed by atoms with E-state index in [0.717, 1.165) is 35.6 Å². The highest BCUT2D eigenvalue weighted by Crippen LogP contribution is 2.37. The molecule has 2 aromatic rings. The third-order valence-electron chi connectivity index (χ3n) is 5.22. The van der Waals surface area contributed by atoms with E-state index in [9.17, 15) is 0 Å². The van der Waals surface area contributed by atoms with Crippen molar-refractivity contribution in [1.82, 2.24) is 0 Å². The Hall–Kier alpha value is -2.10. The topological polar surface area (TPSA) is 27.7 Å². The Morgan fingerprint density at radius 1 is 0.778 bits per heavy atom. The van der Waals surface area contributed by atoms with E-state index in [1.54, 1.807) is 7.11 Å². The van der Waals surface area contributed by atoms with Crippen LogP contribution < -0.4 is 19.5 Å². The van der Waals surface area contributed by atoms with Crippen LogP contribution in [0.2, 0.25) is 0 Å². The van der Waals surface area contributed by atoms with Crippen molar-refractivity contribution in [2.24, 2.45) is 0 Å². The molecule has 0 fully saturated rings. The van der Waals surface area contributed by atoms with E-state index < -0.39 is 0 Å². The molecule has 0 radical (unpaired) electrons. The second-order valence-electron chi connectivity index (χ2n) is 7.32. The van der Waals surface area contributed by atoms with Crippen molar-refractivity contribution >= 4 is 12.6 Å². The second kappa shape index (κ2) is 9.73. The molecule has 27 heavy (non-hydrogen) atoms. The van der Waals surface area contributed by atoms with Gasteiger partial charge in [0.25, 0.3) is 0 Å². The summed E-state index contributed by atoms with van der Waals surface area (Å²) in [6.07, 6.45) is 9.76. The zero-order valence-corrected chi connectivity index (χ0v) is 16.9. The number of methoxy groups -OCH3 is 1. The lowest BCUT2D eigenvalue weighted by Gasteiger charge is -2.11. The average molecular weight is 366 g/mol. The van der Waals surface area contributed by atoms with Gasteiger partial charge in [-0.1, -0.05) is 51.7 Å². The average Bonchev–Trinajstić information content (AvgIpc) is 3.11. The van der Waals surface area contributed by atoms with Crippen LogP contribution in [0.25, 0.3) is 0 Å². The summed E-state index contributed by atoms with van der Waals surface area (Å²) in [5.74, 6) is 2.59. The van der Waals surface area contributed by atoms with Crippen LogP contribution >= 0.6 is 0 Å². The first-order valence-corrected chi connectivity index (χ1v) is 10.4. The van der Waals surface area contributed by atoms with Gasteiger partial charge in [-0.2, -0.15) is 0 Å². The van der Waals surface area contributed by atoms with Gasteiger partial charge in [-0.15, -0.1) is 0 Å². The summed E-state index contributed by atoms with van der Waals surface area (Å²) in [5, 5.41) is 0. The summed E-state index contributed by atoms with van der Waals surface area (Å²) in [4.78, 5) is 0. The predicted octanol–water partition coefficient (Wildman–Crippen LogP) is 5.33.